The molecule has 0 atom stereocenters. The van der Waals surface area contributed by atoms with Crippen LogP contribution in [0.4, 0.5) is 0 Å². The van der Waals surface area contributed by atoms with Gasteiger partial charge in [-0.05, 0) is 25.1 Å². The van der Waals surface area contributed by atoms with Crippen LogP contribution in [0.2, 0.25) is 0 Å². The van der Waals surface area contributed by atoms with Crippen molar-refractivity contribution in [3.63, 3.8) is 0 Å². The van der Waals surface area contributed by atoms with Crippen LogP contribution in [0.5, 0.6) is 0 Å². The minimum absolute atomic E-state index is 0.0902. The SMILES string of the molecule is Cc1ccc(S(=O)(=O)N/N=C\C=C/C(=O)O)cc1. The number of nitrogens with zero attached hydrogens (tertiary/aromatic N) is 1. The Hall–Kier alpha value is -2.15. The number of carboxylic acids is 1. The van der Waals surface area contributed by atoms with Gasteiger partial charge in [0.25, 0.3) is 10.0 Å². The van der Waals surface area contributed by atoms with E-state index in [9.17, 15) is 13.2 Å². The monoisotopic (exact) mass is 268 g/mol. The fourth-order valence-corrected chi connectivity index (χ4v) is 1.84. The summed E-state index contributed by atoms with van der Waals surface area (Å²) in [6.07, 6.45) is 2.99. The third-order valence-electron chi connectivity index (χ3n) is 1.90. The molecule has 1 rings (SSSR count). The molecule has 6 nitrogen and oxygen atoms in total. The molecule has 0 aliphatic heterocycles. The standard InChI is InChI=1S/C11H12N2O4S/c1-9-4-6-10(7-5-9)18(16,17)13-12-8-2-3-11(14)15/h2-8,13H,1H3,(H,14,15)/b3-2-,12-8-. The Kier molecular flexibility index (Phi) is 4.61. The first-order valence-corrected chi connectivity index (χ1v) is 6.41. The largest absolute Gasteiger partial charge is 0.478 e. The van der Waals surface area contributed by atoms with Crippen molar-refractivity contribution >= 4 is 22.2 Å². The van der Waals surface area contributed by atoms with Crippen molar-refractivity contribution in [2.75, 3.05) is 0 Å². The number of carboxylic acid groups (broad SMARTS) is 1. The Morgan fingerprint density at radius 3 is 2.50 bits per heavy atom. The quantitative estimate of drug-likeness (QED) is 0.471. The van der Waals surface area contributed by atoms with Crippen LogP contribution in [0.1, 0.15) is 5.56 Å². The van der Waals surface area contributed by atoms with Gasteiger partial charge in [0.1, 0.15) is 0 Å². The first-order chi connectivity index (χ1) is 8.42. The van der Waals surface area contributed by atoms with E-state index in [1.165, 1.54) is 12.1 Å². The molecule has 96 valence electrons. The van der Waals surface area contributed by atoms with E-state index in [1.54, 1.807) is 12.1 Å². The highest BCUT2D eigenvalue weighted by Gasteiger charge is 2.11. The molecule has 0 fully saturated rings. The van der Waals surface area contributed by atoms with Crippen LogP contribution >= 0.6 is 0 Å². The molecule has 0 spiro atoms. The van der Waals surface area contributed by atoms with Crippen LogP contribution in [0.25, 0.3) is 0 Å². The Balaban J connectivity index is 2.71. The number of hydrazone groups is 1. The van der Waals surface area contributed by atoms with Gasteiger partial charge in [-0.25, -0.2) is 9.63 Å². The van der Waals surface area contributed by atoms with Gasteiger partial charge in [-0.15, -0.1) is 0 Å². The van der Waals surface area contributed by atoms with Gasteiger partial charge in [-0.1, -0.05) is 17.7 Å². The molecule has 1 aromatic carbocycles. The van der Waals surface area contributed by atoms with Crippen molar-refractivity contribution in [2.24, 2.45) is 5.10 Å². The van der Waals surface area contributed by atoms with E-state index in [1.807, 2.05) is 11.8 Å². The van der Waals surface area contributed by atoms with Crippen LogP contribution in [0.15, 0.2) is 46.4 Å². The molecule has 0 unspecified atom stereocenters. The van der Waals surface area contributed by atoms with Gasteiger partial charge in [0.2, 0.25) is 0 Å². The first-order valence-electron chi connectivity index (χ1n) is 4.93. The van der Waals surface area contributed by atoms with Gasteiger partial charge < -0.3 is 5.11 Å². The topological polar surface area (TPSA) is 95.8 Å². The number of nitrogens with one attached hydrogen (secondary N) is 1. The summed E-state index contributed by atoms with van der Waals surface area (Å²) in [6, 6.07) is 6.26. The zero-order valence-electron chi connectivity index (χ0n) is 9.57. The molecular weight excluding hydrogens is 256 g/mol. The lowest BCUT2D eigenvalue weighted by Gasteiger charge is -2.02. The van der Waals surface area contributed by atoms with Crippen LogP contribution in [0.3, 0.4) is 0 Å². The number of rotatable bonds is 5. The van der Waals surface area contributed by atoms with Crippen LogP contribution < -0.4 is 4.83 Å². The van der Waals surface area contributed by atoms with Gasteiger partial charge in [0.05, 0.1) is 4.90 Å². The number of carbonyl (C=O) groups is 1. The summed E-state index contributed by atoms with van der Waals surface area (Å²) in [4.78, 5) is 12.2. The Morgan fingerprint density at radius 2 is 1.94 bits per heavy atom. The molecule has 0 saturated carbocycles. The Morgan fingerprint density at radius 1 is 1.33 bits per heavy atom. The lowest BCUT2D eigenvalue weighted by molar-refractivity contribution is -0.131. The Bertz CT molecular complexity index is 574. The molecule has 0 aromatic heterocycles. The van der Waals surface area contributed by atoms with Gasteiger partial charge in [-0.3, -0.25) is 0 Å². The second kappa shape index (κ2) is 5.97. The number of aryl methyl sites for hydroxylation is 1. The summed E-state index contributed by atoms with van der Waals surface area (Å²) in [5.74, 6) is -1.14. The zero-order chi connectivity index (χ0) is 13.6. The molecular formula is C11H12N2O4S. The zero-order valence-corrected chi connectivity index (χ0v) is 10.4. The normalized spacial score (nSPS) is 12.1. The molecule has 0 saturated heterocycles. The number of allylic oxidation sites excluding steroid dienone is 1. The van der Waals surface area contributed by atoms with Gasteiger partial charge in [-0.2, -0.15) is 13.5 Å². The van der Waals surface area contributed by atoms with Crippen molar-refractivity contribution in [1.29, 1.82) is 0 Å². The maximum absolute atomic E-state index is 11.7. The summed E-state index contributed by atoms with van der Waals surface area (Å²) in [5.41, 5.74) is 0.946. The number of benzene rings is 1. The molecule has 7 heteroatoms. The van der Waals surface area contributed by atoms with Gasteiger partial charge in [0.15, 0.2) is 0 Å². The minimum Gasteiger partial charge on any atom is -0.478 e. The lowest BCUT2D eigenvalue weighted by atomic mass is 10.2. The molecule has 0 aliphatic carbocycles. The predicted octanol–water partition coefficient (Wildman–Crippen LogP) is 0.900. The first kappa shape index (κ1) is 13.9. The number of aliphatic carboxylic acids is 1. The third kappa shape index (κ3) is 4.38. The summed E-state index contributed by atoms with van der Waals surface area (Å²) in [7, 11) is -3.71. The van der Waals surface area contributed by atoms with Crippen molar-refractivity contribution < 1.29 is 18.3 Å². The summed E-state index contributed by atoms with van der Waals surface area (Å²) < 4.78 is 23.4. The van der Waals surface area contributed by atoms with Crippen molar-refractivity contribution in [3.05, 3.63) is 42.0 Å². The molecule has 0 heterocycles. The van der Waals surface area contributed by atoms with Gasteiger partial charge in [0, 0.05) is 12.3 Å². The Labute approximate surface area is 105 Å². The molecule has 0 bridgehead atoms. The average molecular weight is 268 g/mol. The second-order valence-electron chi connectivity index (χ2n) is 3.38. The molecule has 0 aliphatic rings. The summed E-state index contributed by atoms with van der Waals surface area (Å²) in [6.45, 7) is 1.85. The summed E-state index contributed by atoms with van der Waals surface area (Å²) in [5, 5.41) is 11.7. The highest BCUT2D eigenvalue weighted by molar-refractivity contribution is 7.89. The van der Waals surface area contributed by atoms with E-state index in [0.717, 1.165) is 23.9 Å². The highest BCUT2D eigenvalue weighted by Crippen LogP contribution is 2.09. The maximum Gasteiger partial charge on any atom is 0.328 e. The minimum atomic E-state index is -3.71. The van der Waals surface area contributed by atoms with E-state index in [4.69, 9.17) is 5.11 Å². The lowest BCUT2D eigenvalue weighted by Crippen LogP contribution is -2.18. The molecule has 2 N–H and O–H groups in total. The smallest absolute Gasteiger partial charge is 0.328 e. The van der Waals surface area contributed by atoms with Gasteiger partial charge >= 0.3 is 5.97 Å². The van der Waals surface area contributed by atoms with E-state index >= 15 is 0 Å². The third-order valence-corrected chi connectivity index (χ3v) is 3.14. The fraction of sp³-hybridized carbons (Fsp3) is 0.0909. The van der Waals surface area contributed by atoms with Crippen LogP contribution in [-0.4, -0.2) is 25.7 Å². The van der Waals surface area contributed by atoms with Crippen LogP contribution in [0, 0.1) is 6.92 Å². The van der Waals surface area contributed by atoms with E-state index < -0.39 is 16.0 Å². The van der Waals surface area contributed by atoms with Crippen molar-refractivity contribution in [3.8, 4) is 0 Å². The van der Waals surface area contributed by atoms with Crippen molar-refractivity contribution in [2.45, 2.75) is 11.8 Å². The number of hydrogen-bond donors (Lipinski definition) is 2. The molecule has 1 aromatic rings. The molecule has 0 radical (unpaired) electrons. The summed E-state index contributed by atoms with van der Waals surface area (Å²) >= 11 is 0. The van der Waals surface area contributed by atoms with E-state index in [-0.39, 0.29) is 4.90 Å². The molecule has 18 heavy (non-hydrogen) atoms. The fourth-order valence-electron chi connectivity index (χ4n) is 1.04. The number of hydrogen-bond acceptors (Lipinski definition) is 4. The van der Waals surface area contributed by atoms with Crippen LogP contribution in [-0.2, 0) is 14.8 Å². The van der Waals surface area contributed by atoms with E-state index in [2.05, 4.69) is 5.10 Å². The van der Waals surface area contributed by atoms with E-state index in [0.29, 0.717) is 0 Å². The predicted molar refractivity (Wildman–Crippen MR) is 66.8 cm³/mol. The maximum atomic E-state index is 11.7. The molecule has 0 amide bonds. The number of sulfonamides is 1. The highest BCUT2D eigenvalue weighted by atomic mass is 32.2. The van der Waals surface area contributed by atoms with Crippen molar-refractivity contribution in [1.82, 2.24) is 4.83 Å². The average Bonchev–Trinajstić information content (AvgIpc) is 2.28. The second-order valence-corrected chi connectivity index (χ2v) is 5.04.